The van der Waals surface area contributed by atoms with Crippen LogP contribution in [0.25, 0.3) is 0 Å². The fraction of sp³-hybridized carbons (Fsp3) is 0.692. The summed E-state index contributed by atoms with van der Waals surface area (Å²) in [5.41, 5.74) is 5.37. The highest BCUT2D eigenvalue weighted by molar-refractivity contribution is 7.18. The number of aromatic nitrogens is 1. The van der Waals surface area contributed by atoms with Crippen molar-refractivity contribution in [3.63, 3.8) is 0 Å². The van der Waals surface area contributed by atoms with Crippen molar-refractivity contribution in [2.45, 2.75) is 26.4 Å². The Hall–Kier alpha value is -1.38. The number of hydrogen-bond acceptors (Lipinski definition) is 7. The summed E-state index contributed by atoms with van der Waals surface area (Å²) in [6.07, 6.45) is 0. The van der Waals surface area contributed by atoms with Crippen molar-refractivity contribution in [2.75, 3.05) is 44.5 Å². The molecule has 1 aromatic heterocycles. The van der Waals surface area contributed by atoms with Crippen LogP contribution >= 0.6 is 11.3 Å². The molecule has 120 valence electrons. The Labute approximate surface area is 129 Å². The number of nitrogens with one attached hydrogen (secondary N) is 2. The zero-order chi connectivity index (χ0) is 15.9. The topological polar surface area (TPSA) is 98.5 Å². The van der Waals surface area contributed by atoms with Gasteiger partial charge in [0.1, 0.15) is 10.7 Å². The molecule has 0 atom stereocenters. The van der Waals surface area contributed by atoms with Gasteiger partial charge in [-0.05, 0) is 20.8 Å². The third kappa shape index (κ3) is 5.86. The molecule has 0 bridgehead atoms. The Morgan fingerprint density at radius 3 is 2.81 bits per heavy atom. The Balaban J connectivity index is 2.58. The van der Waals surface area contributed by atoms with E-state index in [0.717, 1.165) is 0 Å². The van der Waals surface area contributed by atoms with Gasteiger partial charge in [0.15, 0.2) is 5.13 Å². The van der Waals surface area contributed by atoms with Crippen molar-refractivity contribution in [2.24, 2.45) is 0 Å². The molecule has 1 amide bonds. The summed E-state index contributed by atoms with van der Waals surface area (Å²) >= 11 is 1.23. The van der Waals surface area contributed by atoms with Crippen LogP contribution in [-0.2, 0) is 9.47 Å². The van der Waals surface area contributed by atoms with Crippen LogP contribution in [0, 0.1) is 0 Å². The van der Waals surface area contributed by atoms with Gasteiger partial charge in [0, 0.05) is 26.8 Å². The number of rotatable bonds is 9. The van der Waals surface area contributed by atoms with Crippen LogP contribution in [0.4, 0.5) is 10.9 Å². The van der Waals surface area contributed by atoms with E-state index in [2.05, 4.69) is 15.6 Å². The molecule has 0 spiro atoms. The molecular weight excluding hydrogens is 292 g/mol. The fourth-order valence-electron chi connectivity index (χ4n) is 1.65. The predicted molar refractivity (Wildman–Crippen MR) is 84.9 cm³/mol. The molecule has 8 heteroatoms. The predicted octanol–water partition coefficient (Wildman–Crippen LogP) is 1.33. The summed E-state index contributed by atoms with van der Waals surface area (Å²) < 4.78 is 10.5. The highest BCUT2D eigenvalue weighted by atomic mass is 32.1. The van der Waals surface area contributed by atoms with Crippen LogP contribution in [0.5, 0.6) is 0 Å². The van der Waals surface area contributed by atoms with Gasteiger partial charge in [-0.25, -0.2) is 4.98 Å². The van der Waals surface area contributed by atoms with E-state index in [-0.39, 0.29) is 11.7 Å². The molecule has 0 radical (unpaired) electrons. The second-order valence-corrected chi connectivity index (χ2v) is 6.03. The van der Waals surface area contributed by atoms with Crippen LogP contribution in [0.1, 0.15) is 30.4 Å². The van der Waals surface area contributed by atoms with Crippen LogP contribution < -0.4 is 16.4 Å². The molecule has 4 N–H and O–H groups in total. The Kier molecular flexibility index (Phi) is 6.86. The molecule has 1 aromatic rings. The number of thiazole rings is 1. The molecular formula is C13H24N4O3S. The summed E-state index contributed by atoms with van der Waals surface area (Å²) in [5.74, 6) is -0.01000. The Morgan fingerprint density at radius 2 is 2.19 bits per heavy atom. The molecule has 0 aliphatic carbocycles. The molecule has 0 saturated carbocycles. The highest BCUT2D eigenvalue weighted by Gasteiger charge is 2.21. The molecule has 1 heterocycles. The first-order chi connectivity index (χ1) is 9.89. The van der Waals surface area contributed by atoms with Gasteiger partial charge in [0.25, 0.3) is 5.91 Å². The van der Waals surface area contributed by atoms with Gasteiger partial charge in [-0.1, -0.05) is 11.3 Å². The standard InChI is InChI=1S/C13H24N4O3S/c1-5-20-13(2,3)8-16-11(18)9-10(14)17-12(21-9)15-6-7-19-4/h5-8,14H2,1-4H3,(H,15,17)(H,16,18). The maximum atomic E-state index is 12.1. The Bertz CT molecular complexity index is 462. The first-order valence-electron chi connectivity index (χ1n) is 6.81. The van der Waals surface area contributed by atoms with Crippen LogP contribution in [0.15, 0.2) is 0 Å². The molecule has 0 aliphatic heterocycles. The summed E-state index contributed by atoms with van der Waals surface area (Å²) in [6.45, 7) is 7.94. The van der Waals surface area contributed by atoms with E-state index in [1.807, 2.05) is 20.8 Å². The zero-order valence-corrected chi connectivity index (χ0v) is 13.8. The van der Waals surface area contributed by atoms with E-state index in [1.165, 1.54) is 11.3 Å². The van der Waals surface area contributed by atoms with Crippen molar-refractivity contribution in [1.29, 1.82) is 0 Å². The van der Waals surface area contributed by atoms with Gasteiger partial charge >= 0.3 is 0 Å². The molecule has 21 heavy (non-hydrogen) atoms. The minimum atomic E-state index is -0.413. The molecule has 1 rings (SSSR count). The highest BCUT2D eigenvalue weighted by Crippen LogP contribution is 2.24. The number of ether oxygens (including phenoxy) is 2. The second-order valence-electron chi connectivity index (χ2n) is 5.03. The Morgan fingerprint density at radius 1 is 1.48 bits per heavy atom. The summed E-state index contributed by atoms with van der Waals surface area (Å²) in [4.78, 5) is 16.7. The van der Waals surface area contributed by atoms with Gasteiger partial charge in [0.2, 0.25) is 0 Å². The molecule has 0 unspecified atom stereocenters. The van der Waals surface area contributed by atoms with E-state index in [0.29, 0.717) is 36.3 Å². The van der Waals surface area contributed by atoms with Gasteiger partial charge in [-0.2, -0.15) is 0 Å². The number of carbonyl (C=O) groups is 1. The number of anilines is 2. The minimum absolute atomic E-state index is 0.228. The lowest BCUT2D eigenvalue weighted by atomic mass is 10.1. The number of nitrogens with two attached hydrogens (primary N) is 1. The van der Waals surface area contributed by atoms with E-state index in [9.17, 15) is 4.79 Å². The molecule has 0 aliphatic rings. The monoisotopic (exact) mass is 316 g/mol. The smallest absolute Gasteiger partial charge is 0.265 e. The van der Waals surface area contributed by atoms with Crippen molar-refractivity contribution in [3.8, 4) is 0 Å². The second kappa shape index (κ2) is 8.16. The van der Waals surface area contributed by atoms with Crippen LogP contribution in [0.3, 0.4) is 0 Å². The van der Waals surface area contributed by atoms with Gasteiger partial charge in [0.05, 0.1) is 12.2 Å². The van der Waals surface area contributed by atoms with Crippen molar-refractivity contribution in [3.05, 3.63) is 4.88 Å². The number of nitrogens with zero attached hydrogens (tertiary/aromatic N) is 1. The van der Waals surface area contributed by atoms with E-state index in [4.69, 9.17) is 15.2 Å². The lowest BCUT2D eigenvalue weighted by Gasteiger charge is -2.24. The normalized spacial score (nSPS) is 11.4. The first kappa shape index (κ1) is 17.7. The van der Waals surface area contributed by atoms with Crippen LogP contribution in [-0.4, -0.2) is 49.9 Å². The van der Waals surface area contributed by atoms with Gasteiger partial charge in [-0.3, -0.25) is 4.79 Å². The van der Waals surface area contributed by atoms with E-state index >= 15 is 0 Å². The van der Waals surface area contributed by atoms with Gasteiger partial charge < -0.3 is 25.8 Å². The number of amides is 1. The zero-order valence-electron chi connectivity index (χ0n) is 13.0. The lowest BCUT2D eigenvalue weighted by molar-refractivity contribution is -0.00812. The summed E-state index contributed by atoms with van der Waals surface area (Å²) in [6, 6.07) is 0. The van der Waals surface area contributed by atoms with Crippen molar-refractivity contribution >= 4 is 28.2 Å². The maximum Gasteiger partial charge on any atom is 0.265 e. The SMILES string of the molecule is CCOC(C)(C)CNC(=O)c1sc(NCCOC)nc1N. The average Bonchev–Trinajstić information content (AvgIpc) is 2.78. The van der Waals surface area contributed by atoms with Crippen LogP contribution in [0.2, 0.25) is 0 Å². The molecule has 0 saturated heterocycles. The first-order valence-corrected chi connectivity index (χ1v) is 7.62. The van der Waals surface area contributed by atoms with E-state index in [1.54, 1.807) is 7.11 Å². The number of hydrogen-bond donors (Lipinski definition) is 3. The summed E-state index contributed by atoms with van der Waals surface area (Å²) in [5, 5.41) is 6.48. The average molecular weight is 316 g/mol. The quantitative estimate of drug-likeness (QED) is 0.595. The summed E-state index contributed by atoms with van der Waals surface area (Å²) in [7, 11) is 1.62. The third-order valence-electron chi connectivity index (χ3n) is 2.65. The van der Waals surface area contributed by atoms with E-state index < -0.39 is 5.60 Å². The lowest BCUT2D eigenvalue weighted by Crippen LogP contribution is -2.40. The molecule has 0 aromatic carbocycles. The minimum Gasteiger partial charge on any atom is -0.383 e. The fourth-order valence-corrected chi connectivity index (χ4v) is 2.47. The third-order valence-corrected chi connectivity index (χ3v) is 3.68. The molecule has 0 fully saturated rings. The largest absolute Gasteiger partial charge is 0.383 e. The number of carbonyl (C=O) groups excluding carboxylic acids is 1. The number of methoxy groups -OCH3 is 1. The van der Waals surface area contributed by atoms with Crippen molar-refractivity contribution in [1.82, 2.24) is 10.3 Å². The molecule has 7 nitrogen and oxygen atoms in total. The number of nitrogen functional groups attached to an aromatic ring is 1. The van der Waals surface area contributed by atoms with Crippen molar-refractivity contribution < 1.29 is 14.3 Å². The maximum absolute atomic E-state index is 12.1. The van der Waals surface area contributed by atoms with Gasteiger partial charge in [-0.15, -0.1) is 0 Å².